The van der Waals surface area contributed by atoms with E-state index in [1.54, 1.807) is 0 Å². The van der Waals surface area contributed by atoms with Crippen molar-refractivity contribution in [2.24, 2.45) is 5.73 Å². The molecule has 0 saturated heterocycles. The van der Waals surface area contributed by atoms with Crippen LogP contribution in [0.15, 0.2) is 30.3 Å². The minimum atomic E-state index is -0.212. The Kier molecular flexibility index (Phi) is 8.15. The summed E-state index contributed by atoms with van der Waals surface area (Å²) in [6.45, 7) is 0. The molecule has 1 saturated carbocycles. The molecule has 1 aromatic rings. The van der Waals surface area contributed by atoms with Crippen LogP contribution >= 0.6 is 24.2 Å². The molecule has 1 fully saturated rings. The molecular formula is C16H25ClN2OS. The van der Waals surface area contributed by atoms with Crippen molar-refractivity contribution < 1.29 is 4.79 Å². The summed E-state index contributed by atoms with van der Waals surface area (Å²) in [6.07, 6.45) is 7.19. The fourth-order valence-electron chi connectivity index (χ4n) is 2.79. The zero-order valence-electron chi connectivity index (χ0n) is 12.5. The third-order valence-electron chi connectivity index (χ3n) is 3.96. The number of carbonyl (C=O) groups excluding carboxylic acids is 1. The van der Waals surface area contributed by atoms with Crippen LogP contribution in [0.2, 0.25) is 0 Å². The van der Waals surface area contributed by atoms with Crippen LogP contribution in [0, 0.1) is 0 Å². The van der Waals surface area contributed by atoms with Crippen LogP contribution in [-0.4, -0.2) is 23.5 Å². The van der Waals surface area contributed by atoms with E-state index in [2.05, 4.69) is 11.6 Å². The van der Waals surface area contributed by atoms with E-state index in [-0.39, 0.29) is 24.4 Å². The van der Waals surface area contributed by atoms with Crippen molar-refractivity contribution in [1.82, 2.24) is 5.32 Å². The largest absolute Gasteiger partial charge is 0.353 e. The van der Waals surface area contributed by atoms with Crippen molar-refractivity contribution in [3.8, 4) is 0 Å². The quantitative estimate of drug-likeness (QED) is 0.872. The number of hydrogen-bond donors (Lipinski definition) is 2. The molecule has 2 rings (SSSR count). The molecular weight excluding hydrogens is 304 g/mol. The number of nitrogens with one attached hydrogen (secondary N) is 1. The van der Waals surface area contributed by atoms with Gasteiger partial charge in [0.1, 0.15) is 0 Å². The molecule has 0 aliphatic heterocycles. The van der Waals surface area contributed by atoms with Gasteiger partial charge in [-0.15, -0.1) is 12.4 Å². The Morgan fingerprint density at radius 1 is 1.38 bits per heavy atom. The van der Waals surface area contributed by atoms with Crippen LogP contribution in [0.3, 0.4) is 0 Å². The average molecular weight is 329 g/mol. The Hall–Kier alpha value is -0.710. The van der Waals surface area contributed by atoms with Gasteiger partial charge in [-0.3, -0.25) is 4.79 Å². The SMILES string of the molecule is CSC1CCCC(NC(=O)CC(N)c2ccccc2)C1.Cl. The Labute approximate surface area is 137 Å². The lowest BCUT2D eigenvalue weighted by Crippen LogP contribution is -2.40. The van der Waals surface area contributed by atoms with E-state index < -0.39 is 0 Å². The lowest BCUT2D eigenvalue weighted by molar-refractivity contribution is -0.122. The molecule has 3 nitrogen and oxygen atoms in total. The minimum absolute atomic E-state index is 0. The fourth-order valence-corrected chi connectivity index (χ4v) is 3.62. The van der Waals surface area contributed by atoms with Crippen molar-refractivity contribution in [2.75, 3.05) is 6.26 Å². The van der Waals surface area contributed by atoms with Crippen molar-refractivity contribution in [3.63, 3.8) is 0 Å². The summed E-state index contributed by atoms with van der Waals surface area (Å²) in [6, 6.07) is 9.94. The third-order valence-corrected chi connectivity index (χ3v) is 5.05. The number of carbonyl (C=O) groups is 1. The summed E-state index contributed by atoms with van der Waals surface area (Å²) < 4.78 is 0. The average Bonchev–Trinajstić information content (AvgIpc) is 2.48. The van der Waals surface area contributed by atoms with Crippen LogP contribution in [-0.2, 0) is 4.79 Å². The van der Waals surface area contributed by atoms with Gasteiger partial charge < -0.3 is 11.1 Å². The monoisotopic (exact) mass is 328 g/mol. The summed E-state index contributed by atoms with van der Waals surface area (Å²) in [7, 11) is 0. The maximum Gasteiger partial charge on any atom is 0.222 e. The summed E-state index contributed by atoms with van der Waals surface area (Å²) in [4.78, 5) is 12.1. The number of hydrogen-bond acceptors (Lipinski definition) is 3. The van der Waals surface area contributed by atoms with Crippen LogP contribution < -0.4 is 11.1 Å². The molecule has 0 spiro atoms. The lowest BCUT2D eigenvalue weighted by atomic mass is 9.94. The van der Waals surface area contributed by atoms with E-state index in [1.165, 1.54) is 12.8 Å². The van der Waals surface area contributed by atoms with Gasteiger partial charge in [-0.25, -0.2) is 0 Å². The second-order valence-electron chi connectivity index (χ2n) is 5.51. The second-order valence-corrected chi connectivity index (χ2v) is 6.65. The topological polar surface area (TPSA) is 55.1 Å². The molecule has 3 atom stereocenters. The van der Waals surface area contributed by atoms with Gasteiger partial charge in [-0.2, -0.15) is 11.8 Å². The Morgan fingerprint density at radius 2 is 2.10 bits per heavy atom. The maximum absolute atomic E-state index is 12.1. The van der Waals surface area contributed by atoms with Gasteiger partial charge >= 0.3 is 0 Å². The number of amides is 1. The highest BCUT2D eigenvalue weighted by atomic mass is 35.5. The Balaban J connectivity index is 0.00000220. The highest BCUT2D eigenvalue weighted by molar-refractivity contribution is 7.99. The predicted octanol–water partition coefficient (Wildman–Crippen LogP) is 3.29. The van der Waals surface area contributed by atoms with Gasteiger partial charge in [0.05, 0.1) is 0 Å². The van der Waals surface area contributed by atoms with Gasteiger partial charge in [-0.1, -0.05) is 36.8 Å². The molecule has 118 valence electrons. The van der Waals surface area contributed by atoms with E-state index in [0.29, 0.717) is 17.7 Å². The molecule has 1 aliphatic rings. The molecule has 1 amide bonds. The molecule has 3 N–H and O–H groups in total. The van der Waals surface area contributed by atoms with Gasteiger partial charge in [-0.05, 0) is 31.1 Å². The minimum Gasteiger partial charge on any atom is -0.353 e. The van der Waals surface area contributed by atoms with Gasteiger partial charge in [0.25, 0.3) is 0 Å². The number of thioether (sulfide) groups is 1. The summed E-state index contributed by atoms with van der Waals surface area (Å²) in [5.41, 5.74) is 7.11. The van der Waals surface area contributed by atoms with Crippen LogP contribution in [0.4, 0.5) is 0 Å². The van der Waals surface area contributed by atoms with Gasteiger partial charge in [0.2, 0.25) is 5.91 Å². The molecule has 3 unspecified atom stereocenters. The normalized spacial score (nSPS) is 23.0. The molecule has 0 radical (unpaired) electrons. The molecule has 1 aliphatic carbocycles. The van der Waals surface area contributed by atoms with Crippen LogP contribution in [0.5, 0.6) is 0 Å². The van der Waals surface area contributed by atoms with E-state index in [0.717, 1.165) is 18.4 Å². The Bertz CT molecular complexity index is 430. The maximum atomic E-state index is 12.1. The third kappa shape index (κ3) is 5.89. The zero-order chi connectivity index (χ0) is 14.4. The first-order valence-electron chi connectivity index (χ1n) is 7.31. The van der Waals surface area contributed by atoms with E-state index in [9.17, 15) is 4.79 Å². The zero-order valence-corrected chi connectivity index (χ0v) is 14.1. The first-order valence-corrected chi connectivity index (χ1v) is 8.60. The van der Waals surface area contributed by atoms with Crippen molar-refractivity contribution in [1.29, 1.82) is 0 Å². The van der Waals surface area contributed by atoms with Crippen molar-refractivity contribution >= 4 is 30.1 Å². The van der Waals surface area contributed by atoms with E-state index in [1.807, 2.05) is 42.1 Å². The predicted molar refractivity (Wildman–Crippen MR) is 92.9 cm³/mol. The number of benzene rings is 1. The summed E-state index contributed by atoms with van der Waals surface area (Å²) in [5.74, 6) is 0.0770. The number of nitrogens with two attached hydrogens (primary N) is 1. The molecule has 21 heavy (non-hydrogen) atoms. The van der Waals surface area contributed by atoms with Gasteiger partial charge in [0, 0.05) is 23.8 Å². The highest BCUT2D eigenvalue weighted by Gasteiger charge is 2.23. The van der Waals surface area contributed by atoms with E-state index >= 15 is 0 Å². The highest BCUT2D eigenvalue weighted by Crippen LogP contribution is 2.27. The number of halogens is 1. The molecule has 1 aromatic carbocycles. The van der Waals surface area contributed by atoms with Gasteiger partial charge in [0.15, 0.2) is 0 Å². The molecule has 0 bridgehead atoms. The Morgan fingerprint density at radius 3 is 2.76 bits per heavy atom. The molecule has 0 aromatic heterocycles. The second kappa shape index (κ2) is 9.34. The fraction of sp³-hybridized carbons (Fsp3) is 0.562. The van der Waals surface area contributed by atoms with Crippen LogP contribution in [0.25, 0.3) is 0 Å². The standard InChI is InChI=1S/C16H24N2OS.ClH/c1-20-14-9-5-8-13(10-14)18-16(19)11-15(17)12-6-3-2-4-7-12;/h2-4,6-7,13-15H,5,8-11,17H2,1H3,(H,18,19);1H. The smallest absolute Gasteiger partial charge is 0.222 e. The van der Waals surface area contributed by atoms with E-state index in [4.69, 9.17) is 5.73 Å². The lowest BCUT2D eigenvalue weighted by Gasteiger charge is -2.29. The first kappa shape index (κ1) is 18.3. The van der Waals surface area contributed by atoms with Crippen LogP contribution in [0.1, 0.15) is 43.7 Å². The van der Waals surface area contributed by atoms with Crippen molar-refractivity contribution in [3.05, 3.63) is 35.9 Å². The molecule has 0 heterocycles. The summed E-state index contributed by atoms with van der Waals surface area (Å²) in [5, 5.41) is 3.84. The number of rotatable bonds is 5. The molecule has 5 heteroatoms. The first-order chi connectivity index (χ1) is 9.69. The summed E-state index contributed by atoms with van der Waals surface area (Å²) >= 11 is 1.91. The van der Waals surface area contributed by atoms with Crippen molar-refractivity contribution in [2.45, 2.75) is 49.4 Å².